The Morgan fingerprint density at radius 2 is 1.91 bits per heavy atom. The molecule has 0 aliphatic carbocycles. The van der Waals surface area contributed by atoms with Crippen LogP contribution in [0.15, 0.2) is 51.4 Å². The van der Waals surface area contributed by atoms with E-state index in [1.165, 1.54) is 0 Å². The van der Waals surface area contributed by atoms with Gasteiger partial charge in [0, 0.05) is 18.4 Å². The number of nitrogens with one attached hydrogen (secondary N) is 1. The van der Waals surface area contributed by atoms with Gasteiger partial charge in [-0.15, -0.1) is 0 Å². The molecule has 2 aromatic heterocycles. The number of aromatic nitrogens is 2. The zero-order valence-electron chi connectivity index (χ0n) is 12.2. The molecule has 4 rings (SSSR count). The van der Waals surface area contributed by atoms with Crippen LogP contribution in [0.2, 0.25) is 0 Å². The number of fused-ring (bicyclic) bond motifs is 2. The third kappa shape index (κ3) is 2.20. The highest BCUT2D eigenvalue weighted by molar-refractivity contribution is 5.79. The predicted octanol–water partition coefficient (Wildman–Crippen LogP) is 3.93. The monoisotopic (exact) mass is 293 g/mol. The molecule has 1 N–H and O–H groups in total. The van der Waals surface area contributed by atoms with E-state index in [-0.39, 0.29) is 0 Å². The van der Waals surface area contributed by atoms with Crippen molar-refractivity contribution >= 4 is 28.1 Å². The van der Waals surface area contributed by atoms with Crippen LogP contribution in [0, 0.1) is 6.92 Å². The number of benzene rings is 2. The van der Waals surface area contributed by atoms with Gasteiger partial charge in [0.15, 0.2) is 11.2 Å². The molecule has 2 heterocycles. The summed E-state index contributed by atoms with van der Waals surface area (Å²) >= 11 is 0. The Hall–Kier alpha value is -2.82. The molecule has 0 spiro atoms. The van der Waals surface area contributed by atoms with Crippen LogP contribution >= 0.6 is 0 Å². The van der Waals surface area contributed by atoms with E-state index in [4.69, 9.17) is 8.94 Å². The van der Waals surface area contributed by atoms with E-state index >= 15 is 0 Å². The van der Waals surface area contributed by atoms with Crippen molar-refractivity contribution in [3.05, 3.63) is 53.7 Å². The summed E-state index contributed by atoms with van der Waals surface area (Å²) in [5, 5.41) is 8.38. The summed E-state index contributed by atoms with van der Waals surface area (Å²) in [5.74, 6) is 0. The average molecular weight is 293 g/mol. The zero-order valence-corrected chi connectivity index (χ0v) is 12.2. The Labute approximate surface area is 126 Å². The maximum absolute atomic E-state index is 5.69. The molecule has 0 saturated carbocycles. The molecule has 0 radical (unpaired) electrons. The van der Waals surface area contributed by atoms with E-state index in [0.717, 1.165) is 39.7 Å². The van der Waals surface area contributed by atoms with Gasteiger partial charge in [0.05, 0.1) is 5.69 Å². The minimum Gasteiger partial charge on any atom is -0.424 e. The van der Waals surface area contributed by atoms with E-state index < -0.39 is 0 Å². The van der Waals surface area contributed by atoms with Crippen molar-refractivity contribution in [1.29, 1.82) is 0 Å². The zero-order chi connectivity index (χ0) is 14.9. The molecule has 0 saturated heterocycles. The lowest BCUT2D eigenvalue weighted by atomic mass is 10.2. The van der Waals surface area contributed by atoms with Crippen molar-refractivity contribution in [3.8, 4) is 0 Å². The summed E-state index contributed by atoms with van der Waals surface area (Å²) in [6.45, 7) is 2.71. The molecule has 0 aliphatic heterocycles. The fraction of sp³-hybridized carbons (Fsp3) is 0.176. The topological polar surface area (TPSA) is 64.1 Å². The first-order valence-electron chi connectivity index (χ1n) is 7.24. The maximum Gasteiger partial charge on any atom is 0.295 e. The lowest BCUT2D eigenvalue weighted by Crippen LogP contribution is -2.05. The lowest BCUT2D eigenvalue weighted by Gasteiger charge is -1.98. The third-order valence-electron chi connectivity index (χ3n) is 3.71. The van der Waals surface area contributed by atoms with Gasteiger partial charge < -0.3 is 14.3 Å². The highest BCUT2D eigenvalue weighted by Gasteiger charge is 2.09. The van der Waals surface area contributed by atoms with Gasteiger partial charge in [0.1, 0.15) is 5.52 Å². The SMILES string of the molecule is Cc1cccc2oc(NCCc3noc4ccccc34)nc12. The fourth-order valence-electron chi connectivity index (χ4n) is 2.57. The van der Waals surface area contributed by atoms with Crippen LogP contribution in [-0.4, -0.2) is 16.7 Å². The smallest absolute Gasteiger partial charge is 0.295 e. The van der Waals surface area contributed by atoms with Crippen molar-refractivity contribution in [1.82, 2.24) is 10.1 Å². The van der Waals surface area contributed by atoms with Gasteiger partial charge in [-0.05, 0) is 30.7 Å². The van der Waals surface area contributed by atoms with Crippen LogP contribution in [-0.2, 0) is 6.42 Å². The van der Waals surface area contributed by atoms with Gasteiger partial charge >= 0.3 is 0 Å². The number of anilines is 1. The Balaban J connectivity index is 1.49. The Morgan fingerprint density at radius 1 is 1.05 bits per heavy atom. The van der Waals surface area contributed by atoms with Crippen LogP contribution in [0.25, 0.3) is 22.1 Å². The minimum atomic E-state index is 0.539. The average Bonchev–Trinajstić information content (AvgIpc) is 3.13. The normalized spacial score (nSPS) is 11.3. The third-order valence-corrected chi connectivity index (χ3v) is 3.71. The van der Waals surface area contributed by atoms with Gasteiger partial charge in [0.25, 0.3) is 6.01 Å². The quantitative estimate of drug-likeness (QED) is 0.617. The summed E-state index contributed by atoms with van der Waals surface area (Å²) in [5.41, 5.74) is 4.56. The predicted molar refractivity (Wildman–Crippen MR) is 84.9 cm³/mol. The Kier molecular flexibility index (Phi) is 3.04. The van der Waals surface area contributed by atoms with E-state index in [0.29, 0.717) is 12.6 Å². The summed E-state index contributed by atoms with van der Waals surface area (Å²) in [7, 11) is 0. The van der Waals surface area contributed by atoms with Crippen LogP contribution in [0.1, 0.15) is 11.3 Å². The molecule has 0 fully saturated rings. The lowest BCUT2D eigenvalue weighted by molar-refractivity contribution is 0.446. The molecule has 110 valence electrons. The van der Waals surface area contributed by atoms with E-state index in [2.05, 4.69) is 15.5 Å². The second-order valence-corrected chi connectivity index (χ2v) is 5.24. The Morgan fingerprint density at radius 3 is 2.82 bits per heavy atom. The van der Waals surface area contributed by atoms with Crippen LogP contribution in [0.3, 0.4) is 0 Å². The molecular weight excluding hydrogens is 278 g/mol. The van der Waals surface area contributed by atoms with Crippen molar-refractivity contribution in [2.24, 2.45) is 0 Å². The van der Waals surface area contributed by atoms with Gasteiger partial charge in [0.2, 0.25) is 0 Å². The van der Waals surface area contributed by atoms with Crippen molar-refractivity contribution < 1.29 is 8.94 Å². The molecule has 4 aromatic rings. The molecule has 0 unspecified atom stereocenters. The van der Waals surface area contributed by atoms with Crippen LogP contribution in [0.5, 0.6) is 0 Å². The number of para-hydroxylation sites is 2. The summed E-state index contributed by atoms with van der Waals surface area (Å²) in [6.07, 6.45) is 0.745. The number of hydrogen-bond donors (Lipinski definition) is 1. The van der Waals surface area contributed by atoms with Gasteiger partial charge in [-0.2, -0.15) is 4.98 Å². The highest BCUT2D eigenvalue weighted by atomic mass is 16.5. The maximum atomic E-state index is 5.69. The van der Waals surface area contributed by atoms with Gasteiger partial charge in [-0.25, -0.2) is 0 Å². The molecular formula is C17H15N3O2. The Bertz CT molecular complexity index is 939. The largest absolute Gasteiger partial charge is 0.424 e. The summed E-state index contributed by atoms with van der Waals surface area (Å²) in [4.78, 5) is 4.47. The molecule has 0 bridgehead atoms. The van der Waals surface area contributed by atoms with Crippen LogP contribution < -0.4 is 5.32 Å². The number of hydrogen-bond acceptors (Lipinski definition) is 5. The first-order chi connectivity index (χ1) is 10.8. The van der Waals surface area contributed by atoms with Crippen LogP contribution in [0.4, 0.5) is 6.01 Å². The molecule has 5 nitrogen and oxygen atoms in total. The number of rotatable bonds is 4. The van der Waals surface area contributed by atoms with Crippen molar-refractivity contribution in [2.45, 2.75) is 13.3 Å². The molecule has 0 amide bonds. The molecule has 0 atom stereocenters. The summed E-state index contributed by atoms with van der Waals surface area (Å²) < 4.78 is 11.0. The van der Waals surface area contributed by atoms with Crippen molar-refractivity contribution in [3.63, 3.8) is 0 Å². The van der Waals surface area contributed by atoms with E-state index in [1.807, 2.05) is 49.4 Å². The minimum absolute atomic E-state index is 0.539. The first kappa shape index (κ1) is 12.9. The molecule has 5 heteroatoms. The number of aryl methyl sites for hydroxylation is 1. The highest BCUT2D eigenvalue weighted by Crippen LogP contribution is 2.22. The summed E-state index contributed by atoms with van der Waals surface area (Å²) in [6, 6.07) is 14.3. The molecule has 0 aliphatic rings. The van der Waals surface area contributed by atoms with Crippen molar-refractivity contribution in [2.75, 3.05) is 11.9 Å². The first-order valence-corrected chi connectivity index (χ1v) is 7.24. The fourth-order valence-corrected chi connectivity index (χ4v) is 2.57. The van der Waals surface area contributed by atoms with Gasteiger partial charge in [-0.3, -0.25) is 0 Å². The molecule has 2 aromatic carbocycles. The van der Waals surface area contributed by atoms with Gasteiger partial charge in [-0.1, -0.05) is 29.4 Å². The number of oxazole rings is 1. The standard InChI is InChI=1S/C17H15N3O2/c1-11-5-4-8-15-16(11)19-17(21-15)18-10-9-13-12-6-2-3-7-14(12)22-20-13/h2-8H,9-10H2,1H3,(H,18,19). The number of nitrogens with zero attached hydrogens (tertiary/aromatic N) is 2. The second-order valence-electron chi connectivity index (χ2n) is 5.24. The second kappa shape index (κ2) is 5.18. The van der Waals surface area contributed by atoms with E-state index in [1.54, 1.807) is 0 Å². The molecule has 22 heavy (non-hydrogen) atoms. The van der Waals surface area contributed by atoms with E-state index in [9.17, 15) is 0 Å².